The fourth-order valence-electron chi connectivity index (χ4n) is 2.33. The minimum Gasteiger partial charge on any atom is -0.449 e. The monoisotopic (exact) mass is 454 g/mol. The molecule has 0 saturated carbocycles. The van der Waals surface area contributed by atoms with Gasteiger partial charge in [-0.05, 0) is 48.9 Å². The van der Waals surface area contributed by atoms with Gasteiger partial charge in [-0.3, -0.25) is 10.0 Å². The van der Waals surface area contributed by atoms with Gasteiger partial charge in [0.05, 0.1) is 11.5 Å². The molecule has 0 aliphatic rings. The van der Waals surface area contributed by atoms with Crippen LogP contribution in [0.3, 0.4) is 0 Å². The molecule has 0 atom stereocenters. The van der Waals surface area contributed by atoms with Crippen LogP contribution in [-0.4, -0.2) is 21.1 Å². The van der Waals surface area contributed by atoms with Crippen molar-refractivity contribution >= 4 is 43.4 Å². The van der Waals surface area contributed by atoms with Crippen LogP contribution in [-0.2, 0) is 14.8 Å². The fraction of sp³-hybridized carbons (Fsp3) is 0.316. The van der Waals surface area contributed by atoms with E-state index in [0.717, 1.165) is 30.2 Å². The summed E-state index contributed by atoms with van der Waals surface area (Å²) in [6.07, 6.45) is 3.56. The van der Waals surface area contributed by atoms with Gasteiger partial charge in [-0.1, -0.05) is 48.2 Å². The highest BCUT2D eigenvalue weighted by Crippen LogP contribution is 2.21. The number of ether oxygens (including phenoxy) is 1. The van der Waals surface area contributed by atoms with Crippen molar-refractivity contribution in [1.82, 2.24) is 0 Å². The van der Waals surface area contributed by atoms with E-state index in [-0.39, 0.29) is 4.90 Å². The summed E-state index contributed by atoms with van der Waals surface area (Å²) in [4.78, 5) is 11.8. The van der Waals surface area contributed by atoms with Gasteiger partial charge in [-0.2, -0.15) is 0 Å². The minimum absolute atomic E-state index is 0.0981. The van der Waals surface area contributed by atoms with Crippen LogP contribution in [0.2, 0.25) is 0 Å². The molecule has 8 heteroatoms. The SMILES string of the molecule is CCCCCCOC(=O)Nc1ccc(S(=O)(=O)Nc2cccc(Br)c2)cc1. The molecule has 27 heavy (non-hydrogen) atoms. The summed E-state index contributed by atoms with van der Waals surface area (Å²) in [5, 5.41) is 2.59. The van der Waals surface area contributed by atoms with Gasteiger partial charge >= 0.3 is 6.09 Å². The predicted octanol–water partition coefficient (Wildman–Crippen LogP) is 5.38. The maximum atomic E-state index is 12.4. The Labute approximate surface area is 168 Å². The second-order valence-corrected chi connectivity index (χ2v) is 8.56. The molecule has 0 aliphatic heterocycles. The zero-order valence-corrected chi connectivity index (χ0v) is 17.5. The lowest BCUT2D eigenvalue weighted by Gasteiger charge is -2.10. The zero-order valence-electron chi connectivity index (χ0n) is 15.1. The number of unbranched alkanes of at least 4 members (excludes halogenated alkanes) is 3. The Morgan fingerprint density at radius 3 is 2.44 bits per heavy atom. The van der Waals surface area contributed by atoms with Crippen molar-refractivity contribution in [1.29, 1.82) is 0 Å². The van der Waals surface area contributed by atoms with E-state index >= 15 is 0 Å². The number of carbonyl (C=O) groups excluding carboxylic acids is 1. The van der Waals surface area contributed by atoms with Crippen LogP contribution in [0.25, 0.3) is 0 Å². The van der Waals surface area contributed by atoms with Gasteiger partial charge in [-0.15, -0.1) is 0 Å². The third kappa shape index (κ3) is 7.22. The number of nitrogens with one attached hydrogen (secondary N) is 2. The first kappa shape index (κ1) is 21.2. The molecule has 0 aliphatic carbocycles. The van der Waals surface area contributed by atoms with Crippen LogP contribution in [0.15, 0.2) is 57.9 Å². The van der Waals surface area contributed by atoms with Crippen molar-refractivity contribution in [2.75, 3.05) is 16.6 Å². The fourth-order valence-corrected chi connectivity index (χ4v) is 3.78. The number of sulfonamides is 1. The van der Waals surface area contributed by atoms with Crippen molar-refractivity contribution in [3.05, 3.63) is 53.0 Å². The van der Waals surface area contributed by atoms with Gasteiger partial charge in [0.2, 0.25) is 0 Å². The number of hydrogen-bond donors (Lipinski definition) is 2. The highest BCUT2D eigenvalue weighted by Gasteiger charge is 2.14. The Morgan fingerprint density at radius 1 is 1.04 bits per heavy atom. The smallest absolute Gasteiger partial charge is 0.411 e. The first-order chi connectivity index (χ1) is 12.9. The molecule has 146 valence electrons. The molecular weight excluding hydrogens is 432 g/mol. The molecular formula is C19H23BrN2O4S. The van der Waals surface area contributed by atoms with E-state index in [2.05, 4.69) is 32.9 Å². The topological polar surface area (TPSA) is 84.5 Å². The van der Waals surface area contributed by atoms with Crippen molar-refractivity contribution < 1.29 is 17.9 Å². The second-order valence-electron chi connectivity index (χ2n) is 5.96. The largest absolute Gasteiger partial charge is 0.449 e. The molecule has 0 radical (unpaired) electrons. The van der Waals surface area contributed by atoms with Gasteiger partial charge in [0.15, 0.2) is 0 Å². The van der Waals surface area contributed by atoms with Gasteiger partial charge in [-0.25, -0.2) is 13.2 Å². The third-order valence-electron chi connectivity index (χ3n) is 3.72. The standard InChI is InChI=1S/C19H23BrN2O4S/c1-2-3-4-5-13-26-19(23)21-16-9-11-18(12-10-16)27(24,25)22-17-8-6-7-15(20)14-17/h6-12,14,22H,2-5,13H2,1H3,(H,21,23). The van der Waals surface area contributed by atoms with Gasteiger partial charge in [0.25, 0.3) is 10.0 Å². The molecule has 2 N–H and O–H groups in total. The quantitative estimate of drug-likeness (QED) is 0.498. The van der Waals surface area contributed by atoms with E-state index in [9.17, 15) is 13.2 Å². The summed E-state index contributed by atoms with van der Waals surface area (Å²) in [6, 6.07) is 12.8. The molecule has 6 nitrogen and oxygen atoms in total. The number of rotatable bonds is 9. The van der Waals surface area contributed by atoms with Crippen LogP contribution in [0, 0.1) is 0 Å². The van der Waals surface area contributed by atoms with Gasteiger partial charge < -0.3 is 4.74 Å². The molecule has 0 aromatic heterocycles. The predicted molar refractivity (Wildman–Crippen MR) is 111 cm³/mol. The number of anilines is 2. The van der Waals surface area contributed by atoms with E-state index in [4.69, 9.17) is 4.74 Å². The van der Waals surface area contributed by atoms with E-state index in [0.29, 0.717) is 18.0 Å². The number of amides is 1. The number of hydrogen-bond acceptors (Lipinski definition) is 4. The van der Waals surface area contributed by atoms with Crippen LogP contribution >= 0.6 is 15.9 Å². The molecule has 2 rings (SSSR count). The molecule has 0 fully saturated rings. The van der Waals surface area contributed by atoms with E-state index in [1.54, 1.807) is 24.3 Å². The summed E-state index contributed by atoms with van der Waals surface area (Å²) in [6.45, 7) is 2.49. The first-order valence-electron chi connectivity index (χ1n) is 8.73. The molecule has 2 aromatic carbocycles. The number of benzene rings is 2. The first-order valence-corrected chi connectivity index (χ1v) is 11.0. The zero-order chi connectivity index (χ0) is 19.7. The molecule has 1 amide bonds. The highest BCUT2D eigenvalue weighted by atomic mass is 79.9. The van der Waals surface area contributed by atoms with E-state index in [1.165, 1.54) is 24.3 Å². The Morgan fingerprint density at radius 2 is 1.78 bits per heavy atom. The number of carbonyl (C=O) groups is 1. The summed E-state index contributed by atoms with van der Waals surface area (Å²) in [5.74, 6) is 0. The molecule has 0 saturated heterocycles. The summed E-state index contributed by atoms with van der Waals surface area (Å²) in [5.41, 5.74) is 0.924. The lowest BCUT2D eigenvalue weighted by atomic mass is 10.2. The average Bonchev–Trinajstić information content (AvgIpc) is 2.61. The molecule has 0 heterocycles. The Kier molecular flexibility index (Phi) is 8.12. The van der Waals surface area contributed by atoms with Crippen molar-refractivity contribution in [2.45, 2.75) is 37.5 Å². The summed E-state index contributed by atoms with van der Waals surface area (Å²) < 4.78 is 33.3. The van der Waals surface area contributed by atoms with Crippen LogP contribution < -0.4 is 10.0 Å². The van der Waals surface area contributed by atoms with Crippen LogP contribution in [0.4, 0.5) is 16.2 Å². The second kappa shape index (κ2) is 10.3. The summed E-state index contributed by atoms with van der Waals surface area (Å²) >= 11 is 3.30. The van der Waals surface area contributed by atoms with Crippen LogP contribution in [0.1, 0.15) is 32.6 Å². The lowest BCUT2D eigenvalue weighted by Crippen LogP contribution is -2.15. The van der Waals surface area contributed by atoms with Crippen molar-refractivity contribution in [3.63, 3.8) is 0 Å². The molecule has 2 aromatic rings. The number of halogens is 1. The normalized spacial score (nSPS) is 11.0. The Bertz CT molecular complexity index is 854. The molecule has 0 spiro atoms. The van der Waals surface area contributed by atoms with E-state index < -0.39 is 16.1 Å². The maximum Gasteiger partial charge on any atom is 0.411 e. The third-order valence-corrected chi connectivity index (χ3v) is 5.61. The molecule has 0 unspecified atom stereocenters. The van der Waals surface area contributed by atoms with Gasteiger partial charge in [0, 0.05) is 15.8 Å². The van der Waals surface area contributed by atoms with Crippen molar-refractivity contribution in [3.8, 4) is 0 Å². The van der Waals surface area contributed by atoms with Gasteiger partial charge in [0.1, 0.15) is 0 Å². The summed E-state index contributed by atoms with van der Waals surface area (Å²) in [7, 11) is -3.71. The Hall–Kier alpha value is -2.06. The lowest BCUT2D eigenvalue weighted by molar-refractivity contribution is 0.159. The maximum absolute atomic E-state index is 12.4. The average molecular weight is 455 g/mol. The Balaban J connectivity index is 1.91. The van der Waals surface area contributed by atoms with E-state index in [1.807, 2.05) is 0 Å². The van der Waals surface area contributed by atoms with Crippen molar-refractivity contribution in [2.24, 2.45) is 0 Å². The molecule has 0 bridgehead atoms. The minimum atomic E-state index is -3.71. The van der Waals surface area contributed by atoms with Crippen LogP contribution in [0.5, 0.6) is 0 Å². The highest BCUT2D eigenvalue weighted by molar-refractivity contribution is 9.10.